The summed E-state index contributed by atoms with van der Waals surface area (Å²) >= 11 is 0. The minimum absolute atomic E-state index is 0.267. The van der Waals surface area contributed by atoms with Gasteiger partial charge < -0.3 is 15.4 Å². The molecule has 0 spiro atoms. The summed E-state index contributed by atoms with van der Waals surface area (Å²) in [7, 11) is 1.54. The minimum atomic E-state index is -0.315. The second kappa shape index (κ2) is 8.19. The van der Waals surface area contributed by atoms with E-state index in [-0.39, 0.29) is 11.8 Å². The predicted octanol–water partition coefficient (Wildman–Crippen LogP) is 4.51. The standard InChI is InChI=1S/C22H20N2O3/c1-15-8-3-4-11-18(15)23-21(25)16-9-7-10-17(14-16)22(26)24-19-12-5-6-13-20(19)27-2/h3-14H,1-2H3,(H,23,25)(H,24,26). The Morgan fingerprint density at radius 1 is 0.741 bits per heavy atom. The van der Waals surface area contributed by atoms with Gasteiger partial charge in [0.15, 0.2) is 0 Å². The van der Waals surface area contributed by atoms with Crippen molar-refractivity contribution in [2.45, 2.75) is 6.92 Å². The highest BCUT2D eigenvalue weighted by Crippen LogP contribution is 2.24. The molecule has 5 heteroatoms. The van der Waals surface area contributed by atoms with Crippen LogP contribution in [0.5, 0.6) is 5.75 Å². The van der Waals surface area contributed by atoms with Gasteiger partial charge >= 0.3 is 0 Å². The van der Waals surface area contributed by atoms with Crippen LogP contribution in [0.2, 0.25) is 0 Å². The average molecular weight is 360 g/mol. The monoisotopic (exact) mass is 360 g/mol. The molecule has 3 rings (SSSR count). The summed E-state index contributed by atoms with van der Waals surface area (Å²) in [6, 6.07) is 21.3. The molecule has 0 saturated carbocycles. The van der Waals surface area contributed by atoms with Gasteiger partial charge in [-0.05, 0) is 48.9 Å². The Hall–Kier alpha value is -3.60. The van der Waals surface area contributed by atoms with Crippen molar-refractivity contribution in [3.8, 4) is 5.75 Å². The molecule has 5 nitrogen and oxygen atoms in total. The number of amides is 2. The van der Waals surface area contributed by atoms with Crippen molar-refractivity contribution in [1.82, 2.24) is 0 Å². The van der Waals surface area contributed by atoms with Gasteiger partial charge in [0.25, 0.3) is 11.8 Å². The first-order valence-electron chi connectivity index (χ1n) is 8.50. The number of aryl methyl sites for hydroxylation is 1. The average Bonchev–Trinajstić information content (AvgIpc) is 2.70. The van der Waals surface area contributed by atoms with Crippen molar-refractivity contribution in [2.24, 2.45) is 0 Å². The van der Waals surface area contributed by atoms with Gasteiger partial charge in [-0.15, -0.1) is 0 Å². The highest BCUT2D eigenvalue weighted by Gasteiger charge is 2.13. The third kappa shape index (κ3) is 4.33. The van der Waals surface area contributed by atoms with E-state index in [1.165, 1.54) is 0 Å². The number of carbonyl (C=O) groups is 2. The number of nitrogens with one attached hydrogen (secondary N) is 2. The molecule has 0 atom stereocenters. The number of hydrogen-bond acceptors (Lipinski definition) is 3. The molecular formula is C22H20N2O3. The van der Waals surface area contributed by atoms with E-state index in [4.69, 9.17) is 4.74 Å². The second-order valence-electron chi connectivity index (χ2n) is 6.00. The molecular weight excluding hydrogens is 340 g/mol. The highest BCUT2D eigenvalue weighted by atomic mass is 16.5. The first kappa shape index (κ1) is 18.2. The molecule has 0 aliphatic rings. The number of para-hydroxylation sites is 3. The Bertz CT molecular complexity index is 983. The van der Waals surface area contributed by atoms with Gasteiger partial charge in [0.1, 0.15) is 5.75 Å². The zero-order valence-electron chi connectivity index (χ0n) is 15.2. The van der Waals surface area contributed by atoms with Crippen molar-refractivity contribution in [3.05, 3.63) is 89.5 Å². The molecule has 0 radical (unpaired) electrons. The van der Waals surface area contributed by atoms with Gasteiger partial charge in [0.2, 0.25) is 0 Å². The van der Waals surface area contributed by atoms with E-state index in [9.17, 15) is 9.59 Å². The van der Waals surface area contributed by atoms with Gasteiger partial charge in [0.05, 0.1) is 12.8 Å². The van der Waals surface area contributed by atoms with Crippen LogP contribution in [0, 0.1) is 6.92 Å². The summed E-state index contributed by atoms with van der Waals surface area (Å²) in [6.07, 6.45) is 0. The van der Waals surface area contributed by atoms with Crippen molar-refractivity contribution in [1.29, 1.82) is 0 Å². The lowest BCUT2D eigenvalue weighted by molar-refractivity contribution is 0.102. The van der Waals surface area contributed by atoms with E-state index in [2.05, 4.69) is 10.6 Å². The van der Waals surface area contributed by atoms with Crippen molar-refractivity contribution in [2.75, 3.05) is 17.7 Å². The fraction of sp³-hybridized carbons (Fsp3) is 0.0909. The maximum Gasteiger partial charge on any atom is 0.255 e. The summed E-state index contributed by atoms with van der Waals surface area (Å²) < 4.78 is 5.24. The molecule has 0 heterocycles. The number of methoxy groups -OCH3 is 1. The third-order valence-electron chi connectivity index (χ3n) is 4.14. The van der Waals surface area contributed by atoms with Gasteiger partial charge in [-0.2, -0.15) is 0 Å². The molecule has 2 amide bonds. The molecule has 0 aromatic heterocycles. The van der Waals surface area contributed by atoms with E-state index >= 15 is 0 Å². The molecule has 2 N–H and O–H groups in total. The first-order chi connectivity index (χ1) is 13.1. The Kier molecular flexibility index (Phi) is 5.52. The van der Waals surface area contributed by atoms with E-state index in [1.54, 1.807) is 43.5 Å². The lowest BCUT2D eigenvalue weighted by Crippen LogP contribution is -2.16. The van der Waals surface area contributed by atoms with E-state index in [1.807, 2.05) is 43.3 Å². The SMILES string of the molecule is COc1ccccc1NC(=O)c1cccc(C(=O)Nc2ccccc2C)c1. The quantitative estimate of drug-likeness (QED) is 0.703. The minimum Gasteiger partial charge on any atom is -0.495 e. The lowest BCUT2D eigenvalue weighted by Gasteiger charge is -2.11. The van der Waals surface area contributed by atoms with Gasteiger partial charge in [-0.1, -0.05) is 36.4 Å². The number of anilines is 2. The smallest absolute Gasteiger partial charge is 0.255 e. The van der Waals surface area contributed by atoms with E-state index in [0.717, 1.165) is 11.3 Å². The highest BCUT2D eigenvalue weighted by molar-refractivity contribution is 6.09. The summed E-state index contributed by atoms with van der Waals surface area (Å²) in [5.41, 5.74) is 3.08. The van der Waals surface area contributed by atoms with Crippen LogP contribution in [0.4, 0.5) is 11.4 Å². The molecule has 0 unspecified atom stereocenters. The predicted molar refractivity (Wildman–Crippen MR) is 107 cm³/mol. The Balaban J connectivity index is 1.77. The number of benzene rings is 3. The van der Waals surface area contributed by atoms with Crippen LogP contribution < -0.4 is 15.4 Å². The van der Waals surface area contributed by atoms with Gasteiger partial charge in [-0.3, -0.25) is 9.59 Å². The van der Waals surface area contributed by atoms with Crippen LogP contribution in [0.15, 0.2) is 72.8 Å². The van der Waals surface area contributed by atoms with Crippen LogP contribution in [0.3, 0.4) is 0 Å². The van der Waals surface area contributed by atoms with Crippen molar-refractivity contribution in [3.63, 3.8) is 0 Å². The number of carbonyl (C=O) groups excluding carboxylic acids is 2. The molecule has 3 aromatic rings. The first-order valence-corrected chi connectivity index (χ1v) is 8.50. The van der Waals surface area contributed by atoms with Crippen LogP contribution in [-0.4, -0.2) is 18.9 Å². The van der Waals surface area contributed by atoms with Gasteiger partial charge in [-0.25, -0.2) is 0 Å². The second-order valence-corrected chi connectivity index (χ2v) is 6.00. The van der Waals surface area contributed by atoms with Crippen molar-refractivity contribution >= 4 is 23.2 Å². The van der Waals surface area contributed by atoms with Crippen LogP contribution in [0.1, 0.15) is 26.3 Å². The maximum absolute atomic E-state index is 12.6. The van der Waals surface area contributed by atoms with Crippen molar-refractivity contribution < 1.29 is 14.3 Å². The number of rotatable bonds is 5. The normalized spacial score (nSPS) is 10.1. The topological polar surface area (TPSA) is 67.4 Å². The molecule has 0 aliphatic carbocycles. The fourth-order valence-electron chi connectivity index (χ4n) is 2.65. The van der Waals surface area contributed by atoms with E-state index in [0.29, 0.717) is 22.6 Å². The molecule has 3 aromatic carbocycles. The fourth-order valence-corrected chi connectivity index (χ4v) is 2.65. The molecule has 136 valence electrons. The van der Waals surface area contributed by atoms with Crippen LogP contribution in [-0.2, 0) is 0 Å². The summed E-state index contributed by atoms with van der Waals surface area (Å²) in [4.78, 5) is 25.1. The largest absolute Gasteiger partial charge is 0.495 e. The summed E-state index contributed by atoms with van der Waals surface area (Å²) in [6.45, 7) is 1.92. The number of hydrogen-bond donors (Lipinski definition) is 2. The van der Waals surface area contributed by atoms with Gasteiger partial charge in [0, 0.05) is 16.8 Å². The zero-order valence-corrected chi connectivity index (χ0v) is 15.2. The maximum atomic E-state index is 12.6. The third-order valence-corrected chi connectivity index (χ3v) is 4.14. The molecule has 0 fully saturated rings. The Morgan fingerprint density at radius 2 is 1.30 bits per heavy atom. The Morgan fingerprint density at radius 3 is 1.93 bits per heavy atom. The number of ether oxygens (including phenoxy) is 1. The van der Waals surface area contributed by atoms with Crippen LogP contribution >= 0.6 is 0 Å². The van der Waals surface area contributed by atoms with E-state index < -0.39 is 0 Å². The molecule has 27 heavy (non-hydrogen) atoms. The van der Waals surface area contributed by atoms with Crippen LogP contribution in [0.25, 0.3) is 0 Å². The molecule has 0 saturated heterocycles. The summed E-state index contributed by atoms with van der Waals surface area (Å²) in [5.74, 6) is -0.0133. The summed E-state index contributed by atoms with van der Waals surface area (Å²) in [5, 5.41) is 5.68. The Labute approximate surface area is 158 Å². The zero-order chi connectivity index (χ0) is 19.2. The molecule has 0 bridgehead atoms. The lowest BCUT2D eigenvalue weighted by atomic mass is 10.1. The molecule has 0 aliphatic heterocycles.